The monoisotopic (exact) mass is 552 g/mol. The number of anilines is 1. The van der Waals surface area contributed by atoms with E-state index in [-0.39, 0.29) is 34.8 Å². The number of hydrogen-bond donors (Lipinski definition) is 1. The third-order valence-corrected chi connectivity index (χ3v) is 7.76. The van der Waals surface area contributed by atoms with Crippen molar-refractivity contribution in [3.8, 4) is 0 Å². The molecule has 0 saturated heterocycles. The molecule has 0 radical (unpaired) electrons. The Morgan fingerprint density at radius 2 is 1.49 bits per heavy atom. The predicted molar refractivity (Wildman–Crippen MR) is 148 cm³/mol. The first-order chi connectivity index (χ1) is 18.5. The number of carbonyl (C=O) groups excluding carboxylic acids is 2. The van der Waals surface area contributed by atoms with E-state index in [4.69, 9.17) is 0 Å². The molecule has 0 fully saturated rings. The molecule has 3 rings (SSSR count). The van der Waals surface area contributed by atoms with Gasteiger partial charge in [-0.1, -0.05) is 55.5 Å². The normalized spacial score (nSPS) is 12.0. The molecule has 0 saturated carbocycles. The smallest absolute Gasteiger partial charge is 0.269 e. The first-order valence-electron chi connectivity index (χ1n) is 12.5. The first kappa shape index (κ1) is 29.3. The van der Waals surface area contributed by atoms with Crippen LogP contribution in [-0.4, -0.2) is 48.7 Å². The average Bonchev–Trinajstić information content (AvgIpc) is 2.92. The van der Waals surface area contributed by atoms with Gasteiger partial charge in [-0.25, -0.2) is 8.42 Å². The highest BCUT2D eigenvalue weighted by Crippen LogP contribution is 2.26. The van der Waals surface area contributed by atoms with Gasteiger partial charge in [0.25, 0.3) is 15.7 Å². The lowest BCUT2D eigenvalue weighted by molar-refractivity contribution is -0.384. The van der Waals surface area contributed by atoms with E-state index in [9.17, 15) is 28.1 Å². The summed E-state index contributed by atoms with van der Waals surface area (Å²) in [4.78, 5) is 38.9. The van der Waals surface area contributed by atoms with Gasteiger partial charge in [0.1, 0.15) is 12.6 Å². The standard InChI is InChI=1S/C28H32N4O6S/c1-4-26(28(34)29-21(2)3)30(19-22-11-7-5-8-12-22)27(33)20-31(23-15-17-24(18-16-23)32(35)36)39(37,38)25-13-9-6-10-14-25/h5-18,21,26H,4,19-20H2,1-3H3,(H,29,34)/t26-/m1/s1. The van der Waals surface area contributed by atoms with Gasteiger partial charge in [-0.2, -0.15) is 0 Å². The minimum atomic E-state index is -4.24. The van der Waals surface area contributed by atoms with Crippen molar-refractivity contribution < 1.29 is 22.9 Å². The molecule has 1 N–H and O–H groups in total. The van der Waals surface area contributed by atoms with Gasteiger partial charge in [-0.15, -0.1) is 0 Å². The van der Waals surface area contributed by atoms with Gasteiger partial charge in [-0.3, -0.25) is 24.0 Å². The number of carbonyl (C=O) groups is 2. The third-order valence-electron chi connectivity index (χ3n) is 5.97. The van der Waals surface area contributed by atoms with Crippen molar-refractivity contribution in [1.29, 1.82) is 0 Å². The lowest BCUT2D eigenvalue weighted by Crippen LogP contribution is -2.53. The molecule has 0 unspecified atom stereocenters. The second-order valence-electron chi connectivity index (χ2n) is 9.19. The molecule has 0 heterocycles. The highest BCUT2D eigenvalue weighted by Gasteiger charge is 2.34. The van der Waals surface area contributed by atoms with Gasteiger partial charge < -0.3 is 10.2 Å². The van der Waals surface area contributed by atoms with E-state index in [0.717, 1.165) is 9.87 Å². The molecule has 39 heavy (non-hydrogen) atoms. The summed E-state index contributed by atoms with van der Waals surface area (Å²) in [5.74, 6) is -0.938. The largest absolute Gasteiger partial charge is 0.352 e. The second kappa shape index (κ2) is 13.0. The number of sulfonamides is 1. The Balaban J connectivity index is 2.06. The molecule has 11 heteroatoms. The highest BCUT2D eigenvalue weighted by atomic mass is 32.2. The number of hydrogen-bond acceptors (Lipinski definition) is 6. The fraction of sp³-hybridized carbons (Fsp3) is 0.286. The molecule has 2 amide bonds. The van der Waals surface area contributed by atoms with Gasteiger partial charge in [0.05, 0.1) is 15.5 Å². The summed E-state index contributed by atoms with van der Waals surface area (Å²) in [6.07, 6.45) is 0.306. The van der Waals surface area contributed by atoms with Crippen LogP contribution in [0.3, 0.4) is 0 Å². The number of rotatable bonds is 12. The van der Waals surface area contributed by atoms with Crippen molar-refractivity contribution in [2.24, 2.45) is 0 Å². The minimum absolute atomic E-state index is 0.0460. The van der Waals surface area contributed by atoms with E-state index in [2.05, 4.69) is 5.32 Å². The van der Waals surface area contributed by atoms with Crippen molar-refractivity contribution in [1.82, 2.24) is 10.2 Å². The highest BCUT2D eigenvalue weighted by molar-refractivity contribution is 7.92. The van der Waals surface area contributed by atoms with E-state index >= 15 is 0 Å². The molecule has 0 spiro atoms. The van der Waals surface area contributed by atoms with Crippen LogP contribution >= 0.6 is 0 Å². The number of nitro benzene ring substituents is 1. The van der Waals surface area contributed by atoms with Gasteiger partial charge in [-0.05, 0) is 50.1 Å². The van der Waals surface area contributed by atoms with E-state index in [1.165, 1.54) is 41.3 Å². The topological polar surface area (TPSA) is 130 Å². The van der Waals surface area contributed by atoms with Crippen molar-refractivity contribution >= 4 is 33.2 Å². The van der Waals surface area contributed by atoms with Crippen LogP contribution in [0.1, 0.15) is 32.8 Å². The SMILES string of the molecule is CC[C@H](C(=O)NC(C)C)N(Cc1ccccc1)C(=O)CN(c1ccc([N+](=O)[O-])cc1)S(=O)(=O)c1ccccc1. The molecule has 0 aliphatic carbocycles. The zero-order chi connectivity index (χ0) is 28.6. The Bertz CT molecular complexity index is 1380. The van der Waals surface area contributed by atoms with Crippen LogP contribution < -0.4 is 9.62 Å². The van der Waals surface area contributed by atoms with Crippen LogP contribution in [0.25, 0.3) is 0 Å². The Labute approximate surface area is 228 Å². The van der Waals surface area contributed by atoms with Gasteiger partial charge in [0.15, 0.2) is 0 Å². The molecule has 1 atom stereocenters. The molecule has 10 nitrogen and oxygen atoms in total. The van der Waals surface area contributed by atoms with Crippen LogP contribution in [0.4, 0.5) is 11.4 Å². The number of non-ortho nitro benzene ring substituents is 1. The van der Waals surface area contributed by atoms with Gasteiger partial charge >= 0.3 is 0 Å². The van der Waals surface area contributed by atoms with Crippen LogP contribution in [-0.2, 0) is 26.2 Å². The number of nitrogens with zero attached hydrogens (tertiary/aromatic N) is 3. The van der Waals surface area contributed by atoms with Crippen molar-refractivity contribution in [3.63, 3.8) is 0 Å². The Morgan fingerprint density at radius 3 is 2.00 bits per heavy atom. The third kappa shape index (κ3) is 7.41. The second-order valence-corrected chi connectivity index (χ2v) is 11.1. The summed E-state index contributed by atoms with van der Waals surface area (Å²) in [7, 11) is -4.24. The van der Waals surface area contributed by atoms with Crippen molar-refractivity contribution in [3.05, 3.63) is 101 Å². The van der Waals surface area contributed by atoms with Crippen LogP contribution in [0.2, 0.25) is 0 Å². The Morgan fingerprint density at radius 1 is 0.923 bits per heavy atom. The summed E-state index contributed by atoms with van der Waals surface area (Å²) in [6.45, 7) is 4.88. The Kier molecular flexibility index (Phi) is 9.78. The summed E-state index contributed by atoms with van der Waals surface area (Å²) < 4.78 is 28.4. The zero-order valence-corrected chi connectivity index (χ0v) is 22.9. The van der Waals surface area contributed by atoms with E-state index in [1.54, 1.807) is 25.1 Å². The number of benzene rings is 3. The molecule has 3 aromatic carbocycles. The van der Waals surface area contributed by atoms with E-state index in [0.29, 0.717) is 6.42 Å². The molecule has 0 bridgehead atoms. The lowest BCUT2D eigenvalue weighted by atomic mass is 10.1. The summed E-state index contributed by atoms with van der Waals surface area (Å²) >= 11 is 0. The van der Waals surface area contributed by atoms with Crippen molar-refractivity contribution in [2.45, 2.75) is 50.7 Å². The number of amides is 2. The quantitative estimate of drug-likeness (QED) is 0.266. The van der Waals surface area contributed by atoms with Crippen LogP contribution in [0.5, 0.6) is 0 Å². The summed E-state index contributed by atoms with van der Waals surface area (Å²) in [6, 6.07) is 20.6. The fourth-order valence-corrected chi connectivity index (χ4v) is 5.50. The molecule has 0 aromatic heterocycles. The summed E-state index contributed by atoms with van der Waals surface area (Å²) in [5, 5.41) is 14.0. The molecular weight excluding hydrogens is 520 g/mol. The average molecular weight is 553 g/mol. The minimum Gasteiger partial charge on any atom is -0.352 e. The number of nitro groups is 1. The van der Waals surface area contributed by atoms with Gasteiger partial charge in [0.2, 0.25) is 11.8 Å². The molecule has 0 aliphatic rings. The first-order valence-corrected chi connectivity index (χ1v) is 13.9. The maximum absolute atomic E-state index is 13.9. The van der Waals surface area contributed by atoms with Crippen LogP contribution in [0, 0.1) is 10.1 Å². The van der Waals surface area contributed by atoms with Crippen LogP contribution in [0.15, 0.2) is 89.8 Å². The summed E-state index contributed by atoms with van der Waals surface area (Å²) in [5.41, 5.74) is 0.635. The Hall–Kier alpha value is -4.25. The molecule has 3 aromatic rings. The number of nitrogens with one attached hydrogen (secondary N) is 1. The molecule has 0 aliphatic heterocycles. The predicted octanol–water partition coefficient (Wildman–Crippen LogP) is 4.12. The lowest BCUT2D eigenvalue weighted by Gasteiger charge is -2.33. The molecular formula is C28H32N4O6S. The maximum atomic E-state index is 13.9. The molecule has 206 valence electrons. The fourth-order valence-electron chi connectivity index (χ4n) is 4.07. The van der Waals surface area contributed by atoms with Gasteiger partial charge in [0, 0.05) is 24.7 Å². The maximum Gasteiger partial charge on any atom is 0.269 e. The zero-order valence-electron chi connectivity index (χ0n) is 22.1. The van der Waals surface area contributed by atoms with E-state index < -0.39 is 33.4 Å². The van der Waals surface area contributed by atoms with E-state index in [1.807, 2.05) is 44.2 Å². The van der Waals surface area contributed by atoms with Crippen molar-refractivity contribution in [2.75, 3.05) is 10.8 Å².